The normalized spacial score (nSPS) is 18.8. The van der Waals surface area contributed by atoms with Gasteiger partial charge in [0.1, 0.15) is 17.0 Å². The SMILES string of the molecule is CCC1CCCCOc2cc(CCN3CCCC3)cc3[nH]c(=O)c(nc23)-c2cccc3c(=O)n1sc23. The molecule has 188 valence electrons. The summed E-state index contributed by atoms with van der Waals surface area (Å²) in [5.74, 6) is 0.725. The molecular weight excluding hydrogens is 472 g/mol. The number of likely N-dealkylation sites (tertiary alicyclic amines) is 1. The van der Waals surface area contributed by atoms with Gasteiger partial charge in [-0.15, -0.1) is 0 Å². The molecule has 4 aromatic rings. The van der Waals surface area contributed by atoms with Gasteiger partial charge in [0, 0.05) is 18.2 Å². The van der Waals surface area contributed by atoms with Crippen molar-refractivity contribution in [2.45, 2.75) is 57.9 Å². The molecule has 1 saturated heterocycles. The van der Waals surface area contributed by atoms with Crippen LogP contribution >= 0.6 is 11.5 Å². The fourth-order valence-corrected chi connectivity index (χ4v) is 6.89. The van der Waals surface area contributed by atoms with Crippen molar-refractivity contribution in [3.05, 3.63) is 56.6 Å². The molecule has 4 bridgehead atoms. The van der Waals surface area contributed by atoms with Crippen LogP contribution in [0, 0.1) is 0 Å². The molecule has 2 aliphatic rings. The Hall–Kier alpha value is -2.97. The third-order valence-electron chi connectivity index (χ3n) is 7.62. The Bertz CT molecular complexity index is 1530. The van der Waals surface area contributed by atoms with E-state index in [9.17, 15) is 9.59 Å². The molecule has 1 atom stereocenters. The van der Waals surface area contributed by atoms with Gasteiger partial charge in [-0.2, -0.15) is 0 Å². The summed E-state index contributed by atoms with van der Waals surface area (Å²) >= 11 is 1.46. The van der Waals surface area contributed by atoms with Crippen LogP contribution in [-0.4, -0.2) is 45.1 Å². The Kier molecular flexibility index (Phi) is 6.39. The third-order valence-corrected chi connectivity index (χ3v) is 8.90. The van der Waals surface area contributed by atoms with Crippen LogP contribution in [0.1, 0.15) is 57.1 Å². The van der Waals surface area contributed by atoms with Gasteiger partial charge in [0.15, 0.2) is 0 Å². The summed E-state index contributed by atoms with van der Waals surface area (Å²) in [6, 6.07) is 9.88. The maximum absolute atomic E-state index is 13.3. The molecule has 36 heavy (non-hydrogen) atoms. The summed E-state index contributed by atoms with van der Waals surface area (Å²) in [5.41, 5.74) is 3.34. The molecule has 2 aliphatic heterocycles. The van der Waals surface area contributed by atoms with Crippen LogP contribution in [0.25, 0.3) is 32.4 Å². The maximum Gasteiger partial charge on any atom is 0.275 e. The van der Waals surface area contributed by atoms with Gasteiger partial charge in [0.2, 0.25) is 0 Å². The van der Waals surface area contributed by atoms with E-state index in [4.69, 9.17) is 9.72 Å². The molecule has 1 N–H and O–H groups in total. The van der Waals surface area contributed by atoms with Crippen LogP contribution in [0.2, 0.25) is 0 Å². The summed E-state index contributed by atoms with van der Waals surface area (Å²) in [4.78, 5) is 37.1. The zero-order chi connectivity index (χ0) is 24.6. The first-order valence-electron chi connectivity index (χ1n) is 13.2. The Balaban J connectivity index is 1.50. The molecule has 0 spiro atoms. The van der Waals surface area contributed by atoms with Gasteiger partial charge in [0.05, 0.1) is 22.2 Å². The molecule has 0 amide bonds. The highest BCUT2D eigenvalue weighted by Crippen LogP contribution is 2.33. The van der Waals surface area contributed by atoms with Crippen molar-refractivity contribution in [3.63, 3.8) is 0 Å². The Morgan fingerprint density at radius 1 is 1.14 bits per heavy atom. The largest absolute Gasteiger partial charge is 0.491 e. The van der Waals surface area contributed by atoms with Crippen LogP contribution in [0.3, 0.4) is 0 Å². The molecule has 6 rings (SSSR count). The number of rotatable bonds is 4. The highest BCUT2D eigenvalue weighted by atomic mass is 32.1. The molecular formula is C28H32N4O3S. The quantitative estimate of drug-likeness (QED) is 0.417. The van der Waals surface area contributed by atoms with E-state index in [0.29, 0.717) is 34.3 Å². The highest BCUT2D eigenvalue weighted by molar-refractivity contribution is 7.14. The first-order chi connectivity index (χ1) is 17.6. The molecule has 0 aliphatic carbocycles. The van der Waals surface area contributed by atoms with E-state index in [1.807, 2.05) is 28.2 Å². The van der Waals surface area contributed by atoms with E-state index in [1.165, 1.54) is 24.4 Å². The molecule has 2 aromatic heterocycles. The van der Waals surface area contributed by atoms with Crippen molar-refractivity contribution in [3.8, 4) is 17.0 Å². The van der Waals surface area contributed by atoms with Crippen LogP contribution in [0.15, 0.2) is 39.9 Å². The van der Waals surface area contributed by atoms with Crippen molar-refractivity contribution in [1.82, 2.24) is 18.8 Å². The van der Waals surface area contributed by atoms with Crippen LogP contribution in [-0.2, 0) is 6.42 Å². The number of hydrogen-bond acceptors (Lipinski definition) is 6. The lowest BCUT2D eigenvalue weighted by molar-refractivity contribution is 0.300. The second-order valence-corrected chi connectivity index (χ2v) is 11.0. The number of nitrogens with zero attached hydrogens (tertiary/aromatic N) is 3. The highest BCUT2D eigenvalue weighted by Gasteiger charge is 2.21. The fourth-order valence-electron chi connectivity index (χ4n) is 5.59. The van der Waals surface area contributed by atoms with Gasteiger partial charge < -0.3 is 14.6 Å². The minimum atomic E-state index is -0.246. The Morgan fingerprint density at radius 3 is 2.83 bits per heavy atom. The molecule has 4 heterocycles. The van der Waals surface area contributed by atoms with Gasteiger partial charge in [-0.25, -0.2) is 4.98 Å². The number of aromatic amines is 1. The second-order valence-electron chi connectivity index (χ2n) is 10.0. The topological polar surface area (TPSA) is 80.2 Å². The third kappa shape index (κ3) is 4.26. The van der Waals surface area contributed by atoms with Crippen molar-refractivity contribution in [2.75, 3.05) is 26.2 Å². The van der Waals surface area contributed by atoms with Crippen molar-refractivity contribution < 1.29 is 4.74 Å². The van der Waals surface area contributed by atoms with E-state index in [2.05, 4.69) is 22.9 Å². The number of benzene rings is 2. The summed E-state index contributed by atoms with van der Waals surface area (Å²) < 4.78 is 9.02. The zero-order valence-electron chi connectivity index (χ0n) is 20.7. The molecule has 0 saturated carbocycles. The molecule has 7 nitrogen and oxygen atoms in total. The molecule has 1 fully saturated rings. The van der Waals surface area contributed by atoms with Gasteiger partial charge in [-0.1, -0.05) is 30.6 Å². The number of ether oxygens (including phenoxy) is 1. The number of aromatic nitrogens is 3. The van der Waals surface area contributed by atoms with Crippen molar-refractivity contribution in [1.29, 1.82) is 0 Å². The van der Waals surface area contributed by atoms with Crippen LogP contribution < -0.4 is 15.9 Å². The lowest BCUT2D eigenvalue weighted by Crippen LogP contribution is -2.22. The average molecular weight is 505 g/mol. The van der Waals surface area contributed by atoms with E-state index in [0.717, 1.165) is 67.8 Å². The zero-order valence-corrected chi connectivity index (χ0v) is 21.5. The smallest absolute Gasteiger partial charge is 0.275 e. The number of H-pyrrole nitrogens is 1. The van der Waals surface area contributed by atoms with Crippen molar-refractivity contribution >= 4 is 32.7 Å². The lowest BCUT2D eigenvalue weighted by atomic mass is 10.1. The van der Waals surface area contributed by atoms with E-state index >= 15 is 0 Å². The second kappa shape index (κ2) is 9.82. The number of nitrogens with one attached hydrogen (secondary N) is 1. The first-order valence-corrected chi connectivity index (χ1v) is 14.0. The molecule has 8 heteroatoms. The van der Waals surface area contributed by atoms with E-state index in [-0.39, 0.29) is 17.2 Å². The van der Waals surface area contributed by atoms with E-state index < -0.39 is 0 Å². The van der Waals surface area contributed by atoms with E-state index in [1.54, 1.807) is 0 Å². The predicted octanol–water partition coefficient (Wildman–Crippen LogP) is 5.12. The minimum Gasteiger partial charge on any atom is -0.491 e. The summed E-state index contributed by atoms with van der Waals surface area (Å²) in [6.45, 7) is 6.05. The molecule has 2 aromatic carbocycles. The van der Waals surface area contributed by atoms with Crippen LogP contribution in [0.4, 0.5) is 0 Å². The standard InChI is InChI=1S/C28H32N4O3S/c1-2-19-8-3-6-15-35-23-17-18(11-14-31-12-4-5-13-31)16-22-25(23)30-24(27(33)29-22)20-9-7-10-21-26(20)36-32(19)28(21)34/h7,9-10,16-17,19H,2-6,8,11-15H2,1H3,(H,29,33). The first kappa shape index (κ1) is 23.4. The Labute approximate surface area is 213 Å². The summed E-state index contributed by atoms with van der Waals surface area (Å²) in [6.07, 6.45) is 7.15. The van der Waals surface area contributed by atoms with Crippen molar-refractivity contribution in [2.24, 2.45) is 0 Å². The summed E-state index contributed by atoms with van der Waals surface area (Å²) in [5, 5.41) is 0.654. The van der Waals surface area contributed by atoms with Gasteiger partial charge in [-0.05, 0) is 81.8 Å². The monoisotopic (exact) mass is 504 g/mol. The fraction of sp³-hybridized carbons (Fsp3) is 0.464. The minimum absolute atomic E-state index is 0.0235. The lowest BCUT2D eigenvalue weighted by Gasteiger charge is -2.17. The maximum atomic E-state index is 13.3. The van der Waals surface area contributed by atoms with Gasteiger partial charge in [-0.3, -0.25) is 13.5 Å². The number of hydrogen-bond donors (Lipinski definition) is 1. The van der Waals surface area contributed by atoms with Gasteiger partial charge >= 0.3 is 0 Å². The summed E-state index contributed by atoms with van der Waals surface area (Å²) in [7, 11) is 0. The molecule has 1 unspecified atom stereocenters. The number of fused-ring (bicyclic) bond motifs is 3. The van der Waals surface area contributed by atoms with Gasteiger partial charge in [0.25, 0.3) is 11.1 Å². The predicted molar refractivity (Wildman–Crippen MR) is 145 cm³/mol. The van der Waals surface area contributed by atoms with Crippen LogP contribution in [0.5, 0.6) is 5.75 Å². The Morgan fingerprint density at radius 2 is 2.00 bits per heavy atom. The average Bonchev–Trinajstić information content (AvgIpc) is 3.52. The molecule has 0 radical (unpaired) electrons.